The van der Waals surface area contributed by atoms with Gasteiger partial charge in [-0.1, -0.05) is 32.9 Å². The van der Waals surface area contributed by atoms with Gasteiger partial charge in [0.2, 0.25) is 0 Å². The maximum Gasteiger partial charge on any atom is 0.124 e. The van der Waals surface area contributed by atoms with Crippen molar-refractivity contribution in [3.05, 3.63) is 47.3 Å². The van der Waals surface area contributed by atoms with Crippen molar-refractivity contribution in [1.29, 1.82) is 0 Å². The van der Waals surface area contributed by atoms with Gasteiger partial charge in [0, 0.05) is 30.0 Å². The first kappa shape index (κ1) is 18.0. The Labute approximate surface area is 134 Å². The average molecular weight is 303 g/mol. The molecule has 0 saturated heterocycles. The Hall–Kier alpha value is -2.10. The van der Waals surface area contributed by atoms with E-state index in [1.54, 1.807) is 18.2 Å². The van der Waals surface area contributed by atoms with Gasteiger partial charge < -0.3 is 21.5 Å². The van der Waals surface area contributed by atoms with Gasteiger partial charge >= 0.3 is 0 Å². The number of para-hydroxylation sites is 1. The zero-order valence-corrected chi connectivity index (χ0v) is 14.1. The summed E-state index contributed by atoms with van der Waals surface area (Å²) in [6.07, 6.45) is 2.90. The molecule has 0 atom stereocenters. The molecule has 0 aliphatic rings. The monoisotopic (exact) mass is 303 g/mol. The van der Waals surface area contributed by atoms with Crippen LogP contribution >= 0.6 is 0 Å². The minimum Gasteiger partial charge on any atom is -0.507 e. The van der Waals surface area contributed by atoms with Gasteiger partial charge in [-0.05, 0) is 37.5 Å². The minimum atomic E-state index is 0.177. The van der Waals surface area contributed by atoms with E-state index in [0.717, 1.165) is 30.9 Å². The van der Waals surface area contributed by atoms with Crippen LogP contribution in [0, 0.1) is 5.92 Å². The first-order valence-electron chi connectivity index (χ1n) is 7.83. The maximum atomic E-state index is 9.94. The van der Waals surface area contributed by atoms with Crippen LogP contribution in [0.5, 0.6) is 5.75 Å². The van der Waals surface area contributed by atoms with Gasteiger partial charge in [-0.25, -0.2) is 0 Å². The van der Waals surface area contributed by atoms with Crippen molar-refractivity contribution in [2.75, 3.05) is 13.1 Å². The van der Waals surface area contributed by atoms with Gasteiger partial charge in [-0.3, -0.25) is 0 Å². The highest BCUT2D eigenvalue weighted by molar-refractivity contribution is 5.69. The van der Waals surface area contributed by atoms with Crippen molar-refractivity contribution in [3.8, 4) is 5.75 Å². The van der Waals surface area contributed by atoms with E-state index in [-0.39, 0.29) is 5.75 Å². The Morgan fingerprint density at radius 2 is 1.91 bits per heavy atom. The Morgan fingerprint density at radius 1 is 1.27 bits per heavy atom. The lowest BCUT2D eigenvalue weighted by molar-refractivity contribution is 0.310. The number of allylic oxidation sites excluding steroid dienone is 2. The normalized spacial score (nSPS) is 13.2. The maximum absolute atomic E-state index is 9.94. The lowest BCUT2D eigenvalue weighted by Crippen LogP contribution is -2.29. The number of hydrogen-bond acceptors (Lipinski definition) is 4. The molecule has 0 unspecified atom stereocenters. The molecule has 0 saturated carbocycles. The summed E-state index contributed by atoms with van der Waals surface area (Å²) in [4.78, 5) is 2.26. The van der Waals surface area contributed by atoms with Crippen LogP contribution in [0.25, 0.3) is 5.70 Å². The Balaban J connectivity index is 3.18. The van der Waals surface area contributed by atoms with Crippen molar-refractivity contribution in [3.63, 3.8) is 0 Å². The van der Waals surface area contributed by atoms with E-state index >= 15 is 0 Å². The van der Waals surface area contributed by atoms with E-state index in [9.17, 15) is 5.11 Å². The van der Waals surface area contributed by atoms with Crippen LogP contribution in [0.1, 0.15) is 39.7 Å². The molecule has 1 rings (SSSR count). The van der Waals surface area contributed by atoms with Gasteiger partial charge in [0.25, 0.3) is 0 Å². The van der Waals surface area contributed by atoms with Crippen LogP contribution in [0.2, 0.25) is 0 Å². The van der Waals surface area contributed by atoms with Crippen molar-refractivity contribution in [2.45, 2.75) is 34.1 Å². The largest absolute Gasteiger partial charge is 0.507 e. The Morgan fingerprint density at radius 3 is 2.41 bits per heavy atom. The van der Waals surface area contributed by atoms with E-state index in [4.69, 9.17) is 11.5 Å². The molecule has 1 aromatic rings. The number of nitrogens with zero attached hydrogens (tertiary/aromatic N) is 1. The average Bonchev–Trinajstić information content (AvgIpc) is 2.43. The van der Waals surface area contributed by atoms with Gasteiger partial charge in [-0.2, -0.15) is 0 Å². The Bertz CT molecular complexity index is 543. The molecule has 4 heteroatoms. The molecule has 0 bridgehead atoms. The summed E-state index contributed by atoms with van der Waals surface area (Å²) in [5.74, 6) is 0.705. The summed E-state index contributed by atoms with van der Waals surface area (Å²) >= 11 is 0. The number of phenolic OH excluding ortho intramolecular Hbond substituents is 1. The van der Waals surface area contributed by atoms with E-state index in [0.29, 0.717) is 17.2 Å². The third kappa shape index (κ3) is 5.02. The second-order valence-electron chi connectivity index (χ2n) is 6.02. The second kappa shape index (κ2) is 8.37. The standard InChI is InChI=1S/C18H29N3O/c1-5-10-21(12-13(2)3)17(14(4)19)11-16(20)15-8-6-7-9-18(15)22/h6-9,11,13,22H,5,10,12,19-20H2,1-4H3/b16-11-,17-14?. The molecule has 0 fully saturated rings. The Kier molecular flexibility index (Phi) is 6.83. The van der Waals surface area contributed by atoms with Crippen molar-refractivity contribution in [1.82, 2.24) is 4.90 Å². The number of hydrogen-bond donors (Lipinski definition) is 3. The topological polar surface area (TPSA) is 75.5 Å². The first-order valence-corrected chi connectivity index (χ1v) is 7.83. The zero-order valence-electron chi connectivity index (χ0n) is 14.1. The molecule has 1 aromatic carbocycles. The van der Waals surface area contributed by atoms with Gasteiger partial charge in [-0.15, -0.1) is 0 Å². The molecule has 5 N–H and O–H groups in total. The van der Waals surface area contributed by atoms with Crippen LogP contribution in [0.4, 0.5) is 0 Å². The highest BCUT2D eigenvalue weighted by atomic mass is 16.3. The molecule has 22 heavy (non-hydrogen) atoms. The van der Waals surface area contributed by atoms with Crippen LogP contribution in [-0.4, -0.2) is 23.1 Å². The van der Waals surface area contributed by atoms with E-state index in [2.05, 4.69) is 25.7 Å². The molecule has 0 spiro atoms. The van der Waals surface area contributed by atoms with Crippen molar-refractivity contribution in [2.24, 2.45) is 17.4 Å². The fourth-order valence-electron chi connectivity index (χ4n) is 2.42. The molecule has 0 aromatic heterocycles. The summed E-state index contributed by atoms with van der Waals surface area (Å²) in [6.45, 7) is 10.2. The van der Waals surface area contributed by atoms with Gasteiger partial charge in [0.05, 0.1) is 5.70 Å². The number of aromatic hydroxyl groups is 1. The van der Waals surface area contributed by atoms with Crippen LogP contribution in [0.3, 0.4) is 0 Å². The van der Waals surface area contributed by atoms with E-state index in [1.165, 1.54) is 0 Å². The highest BCUT2D eigenvalue weighted by Gasteiger charge is 2.13. The van der Waals surface area contributed by atoms with E-state index < -0.39 is 0 Å². The second-order valence-corrected chi connectivity index (χ2v) is 6.02. The number of phenols is 1. The van der Waals surface area contributed by atoms with Gasteiger partial charge in [0.15, 0.2) is 0 Å². The summed E-state index contributed by atoms with van der Waals surface area (Å²) in [6, 6.07) is 7.06. The minimum absolute atomic E-state index is 0.177. The summed E-state index contributed by atoms with van der Waals surface area (Å²) < 4.78 is 0. The summed E-state index contributed by atoms with van der Waals surface area (Å²) in [5.41, 5.74) is 15.1. The number of nitrogens with two attached hydrogens (primary N) is 2. The molecule has 0 radical (unpaired) electrons. The smallest absolute Gasteiger partial charge is 0.124 e. The molecule has 0 amide bonds. The van der Waals surface area contributed by atoms with Crippen molar-refractivity contribution < 1.29 is 5.11 Å². The lowest BCUT2D eigenvalue weighted by Gasteiger charge is -2.28. The third-order valence-corrected chi connectivity index (χ3v) is 3.33. The van der Waals surface area contributed by atoms with Crippen LogP contribution < -0.4 is 11.5 Å². The molecule has 0 aliphatic carbocycles. The van der Waals surface area contributed by atoms with Gasteiger partial charge in [0.1, 0.15) is 5.75 Å². The fraction of sp³-hybridized carbons (Fsp3) is 0.444. The van der Waals surface area contributed by atoms with Crippen LogP contribution in [0.15, 0.2) is 41.7 Å². The molecule has 0 heterocycles. The quantitative estimate of drug-likeness (QED) is 0.676. The predicted molar refractivity (Wildman–Crippen MR) is 93.9 cm³/mol. The van der Waals surface area contributed by atoms with E-state index in [1.807, 2.05) is 19.1 Å². The molecular formula is C18H29N3O. The lowest BCUT2D eigenvalue weighted by atomic mass is 10.1. The summed E-state index contributed by atoms with van der Waals surface area (Å²) in [7, 11) is 0. The first-order chi connectivity index (χ1) is 10.4. The third-order valence-electron chi connectivity index (χ3n) is 3.33. The highest BCUT2D eigenvalue weighted by Crippen LogP contribution is 2.24. The zero-order chi connectivity index (χ0) is 16.7. The van der Waals surface area contributed by atoms with Crippen LogP contribution in [-0.2, 0) is 0 Å². The fourth-order valence-corrected chi connectivity index (χ4v) is 2.42. The SMILES string of the molecule is CCCN(CC(C)C)C(/C=C(\N)c1ccccc1O)=C(C)N. The number of rotatable bonds is 7. The molecule has 0 aliphatic heterocycles. The summed E-state index contributed by atoms with van der Waals surface area (Å²) in [5, 5.41) is 9.94. The molecule has 4 nitrogen and oxygen atoms in total. The predicted octanol–water partition coefficient (Wildman–Crippen LogP) is 3.25. The van der Waals surface area contributed by atoms with Crippen molar-refractivity contribution >= 4 is 5.70 Å². The number of benzene rings is 1. The molecule has 122 valence electrons. The molecular weight excluding hydrogens is 274 g/mol.